The van der Waals surface area contributed by atoms with Crippen molar-refractivity contribution >= 4 is 11.6 Å². The molecule has 1 aliphatic rings. The molecule has 0 atom stereocenters. The van der Waals surface area contributed by atoms with Gasteiger partial charge in [-0.2, -0.15) is 0 Å². The van der Waals surface area contributed by atoms with E-state index in [1.54, 1.807) is 6.33 Å². The Hall–Kier alpha value is -1.32. The first-order chi connectivity index (χ1) is 7.90. The topological polar surface area (TPSA) is 41.0 Å². The lowest BCUT2D eigenvalue weighted by atomic mass is 10.1. The molecule has 0 aromatic carbocycles. The first kappa shape index (κ1) is 11.2. The number of anilines is 2. The number of nitrogens with zero attached hydrogens (tertiary/aromatic N) is 3. The van der Waals surface area contributed by atoms with E-state index in [0.29, 0.717) is 0 Å². The van der Waals surface area contributed by atoms with Crippen molar-refractivity contribution in [3.63, 3.8) is 0 Å². The molecule has 0 saturated carbocycles. The molecule has 2 rings (SSSR count). The fraction of sp³-hybridized carbons (Fsp3) is 0.667. The van der Waals surface area contributed by atoms with Crippen LogP contribution < -0.4 is 10.2 Å². The minimum absolute atomic E-state index is 0.895. The predicted octanol–water partition coefficient (Wildman–Crippen LogP) is 2.29. The summed E-state index contributed by atoms with van der Waals surface area (Å²) in [6, 6.07) is 2.03. The molecule has 88 valence electrons. The van der Waals surface area contributed by atoms with E-state index in [4.69, 9.17) is 0 Å². The molecule has 0 aliphatic carbocycles. The fourth-order valence-corrected chi connectivity index (χ4v) is 2.13. The molecular formula is C12H20N4. The van der Waals surface area contributed by atoms with Crippen LogP contribution in [0, 0.1) is 0 Å². The standard InChI is InChI=1S/C12H20N4/c1-13-11-9-12(15-10-14-11)16-7-5-3-2-4-6-8-16/h9-10H,2-8H2,1H3,(H,13,14,15). The van der Waals surface area contributed by atoms with Gasteiger partial charge in [0.05, 0.1) is 0 Å². The molecule has 1 fully saturated rings. The smallest absolute Gasteiger partial charge is 0.134 e. The Kier molecular flexibility index (Phi) is 3.97. The quantitative estimate of drug-likeness (QED) is 0.830. The zero-order valence-electron chi connectivity index (χ0n) is 9.95. The molecule has 1 aromatic rings. The molecule has 1 N–H and O–H groups in total. The fourth-order valence-electron chi connectivity index (χ4n) is 2.13. The molecule has 0 radical (unpaired) electrons. The lowest BCUT2D eigenvalue weighted by Gasteiger charge is -2.25. The minimum atomic E-state index is 0.895. The van der Waals surface area contributed by atoms with Crippen LogP contribution in [0.3, 0.4) is 0 Å². The Morgan fingerprint density at radius 3 is 2.44 bits per heavy atom. The van der Waals surface area contributed by atoms with Crippen molar-refractivity contribution in [1.29, 1.82) is 0 Å². The molecule has 0 amide bonds. The average molecular weight is 220 g/mol. The van der Waals surface area contributed by atoms with Gasteiger partial charge in [-0.15, -0.1) is 0 Å². The van der Waals surface area contributed by atoms with E-state index in [2.05, 4.69) is 20.2 Å². The van der Waals surface area contributed by atoms with Gasteiger partial charge in [0.25, 0.3) is 0 Å². The molecule has 1 aromatic heterocycles. The first-order valence-corrected chi connectivity index (χ1v) is 6.15. The Labute approximate surface area is 97.1 Å². The summed E-state index contributed by atoms with van der Waals surface area (Å²) in [7, 11) is 1.89. The third-order valence-corrected chi connectivity index (χ3v) is 3.09. The summed E-state index contributed by atoms with van der Waals surface area (Å²) >= 11 is 0. The highest BCUT2D eigenvalue weighted by molar-refractivity contribution is 5.47. The number of hydrogen-bond acceptors (Lipinski definition) is 4. The Morgan fingerprint density at radius 2 is 1.75 bits per heavy atom. The minimum Gasteiger partial charge on any atom is -0.373 e. The van der Waals surface area contributed by atoms with Crippen LogP contribution in [0.5, 0.6) is 0 Å². The van der Waals surface area contributed by atoms with Crippen molar-refractivity contribution < 1.29 is 0 Å². The molecule has 16 heavy (non-hydrogen) atoms. The second-order valence-corrected chi connectivity index (χ2v) is 4.27. The zero-order chi connectivity index (χ0) is 11.2. The summed E-state index contributed by atoms with van der Waals surface area (Å²) in [5, 5.41) is 3.06. The maximum absolute atomic E-state index is 4.36. The van der Waals surface area contributed by atoms with Gasteiger partial charge in [-0.1, -0.05) is 19.3 Å². The van der Waals surface area contributed by atoms with E-state index in [9.17, 15) is 0 Å². The van der Waals surface area contributed by atoms with Crippen molar-refractivity contribution in [3.8, 4) is 0 Å². The lowest BCUT2D eigenvalue weighted by molar-refractivity contribution is 0.553. The first-order valence-electron chi connectivity index (χ1n) is 6.15. The van der Waals surface area contributed by atoms with Crippen molar-refractivity contribution in [2.75, 3.05) is 30.4 Å². The molecule has 0 unspecified atom stereocenters. The van der Waals surface area contributed by atoms with Crippen LogP contribution in [0.4, 0.5) is 11.6 Å². The van der Waals surface area contributed by atoms with Gasteiger partial charge in [0.1, 0.15) is 18.0 Å². The summed E-state index contributed by atoms with van der Waals surface area (Å²) in [5.41, 5.74) is 0. The highest BCUT2D eigenvalue weighted by Gasteiger charge is 2.10. The van der Waals surface area contributed by atoms with E-state index in [0.717, 1.165) is 24.7 Å². The molecule has 0 bridgehead atoms. The molecule has 1 saturated heterocycles. The van der Waals surface area contributed by atoms with Crippen LogP contribution in [-0.2, 0) is 0 Å². The van der Waals surface area contributed by atoms with Crippen molar-refractivity contribution in [1.82, 2.24) is 9.97 Å². The second kappa shape index (κ2) is 5.68. The van der Waals surface area contributed by atoms with E-state index in [-0.39, 0.29) is 0 Å². The van der Waals surface area contributed by atoms with Crippen molar-refractivity contribution in [2.24, 2.45) is 0 Å². The van der Waals surface area contributed by atoms with Crippen molar-refractivity contribution in [2.45, 2.75) is 32.1 Å². The van der Waals surface area contributed by atoms with Gasteiger partial charge in [0.15, 0.2) is 0 Å². The van der Waals surface area contributed by atoms with E-state index < -0.39 is 0 Å². The lowest BCUT2D eigenvalue weighted by Crippen LogP contribution is -2.27. The third-order valence-electron chi connectivity index (χ3n) is 3.09. The van der Waals surface area contributed by atoms with Gasteiger partial charge in [-0.3, -0.25) is 0 Å². The average Bonchev–Trinajstić information content (AvgIpc) is 2.29. The molecule has 0 spiro atoms. The predicted molar refractivity (Wildman–Crippen MR) is 66.9 cm³/mol. The highest BCUT2D eigenvalue weighted by atomic mass is 15.2. The normalized spacial score (nSPS) is 17.7. The molecular weight excluding hydrogens is 200 g/mol. The van der Waals surface area contributed by atoms with E-state index in [1.165, 1.54) is 32.1 Å². The van der Waals surface area contributed by atoms with Gasteiger partial charge in [0.2, 0.25) is 0 Å². The van der Waals surface area contributed by atoms with Gasteiger partial charge >= 0.3 is 0 Å². The van der Waals surface area contributed by atoms with Gasteiger partial charge in [0, 0.05) is 26.2 Å². The monoisotopic (exact) mass is 220 g/mol. The number of aromatic nitrogens is 2. The Morgan fingerprint density at radius 1 is 1.06 bits per heavy atom. The van der Waals surface area contributed by atoms with Crippen LogP contribution in [-0.4, -0.2) is 30.1 Å². The highest BCUT2D eigenvalue weighted by Crippen LogP contribution is 2.18. The van der Waals surface area contributed by atoms with Crippen LogP contribution in [0.15, 0.2) is 12.4 Å². The third kappa shape index (κ3) is 2.84. The second-order valence-electron chi connectivity index (χ2n) is 4.27. The van der Waals surface area contributed by atoms with Crippen LogP contribution in [0.1, 0.15) is 32.1 Å². The van der Waals surface area contributed by atoms with E-state index in [1.807, 2.05) is 13.1 Å². The number of nitrogens with one attached hydrogen (secondary N) is 1. The van der Waals surface area contributed by atoms with Crippen LogP contribution in [0.25, 0.3) is 0 Å². The van der Waals surface area contributed by atoms with Gasteiger partial charge in [-0.25, -0.2) is 9.97 Å². The number of hydrogen-bond donors (Lipinski definition) is 1. The van der Waals surface area contributed by atoms with Crippen molar-refractivity contribution in [3.05, 3.63) is 12.4 Å². The molecule has 2 heterocycles. The van der Waals surface area contributed by atoms with E-state index >= 15 is 0 Å². The Balaban J connectivity index is 2.07. The summed E-state index contributed by atoms with van der Waals surface area (Å²) in [5.74, 6) is 1.95. The van der Waals surface area contributed by atoms with Gasteiger partial charge in [-0.05, 0) is 12.8 Å². The van der Waals surface area contributed by atoms with Gasteiger partial charge < -0.3 is 10.2 Å². The SMILES string of the molecule is CNc1cc(N2CCCCCCC2)ncn1. The Bertz CT molecular complexity index is 319. The van der Waals surface area contributed by atoms with Crippen LogP contribution in [0.2, 0.25) is 0 Å². The molecule has 4 nitrogen and oxygen atoms in total. The number of rotatable bonds is 2. The summed E-state index contributed by atoms with van der Waals surface area (Å²) in [6.07, 6.45) is 8.28. The summed E-state index contributed by atoms with van der Waals surface area (Å²) < 4.78 is 0. The maximum Gasteiger partial charge on any atom is 0.134 e. The summed E-state index contributed by atoms with van der Waals surface area (Å²) in [4.78, 5) is 10.9. The maximum atomic E-state index is 4.36. The molecule has 1 aliphatic heterocycles. The molecule has 4 heteroatoms. The largest absolute Gasteiger partial charge is 0.373 e. The zero-order valence-corrected chi connectivity index (χ0v) is 9.95. The van der Waals surface area contributed by atoms with Crippen LogP contribution >= 0.6 is 0 Å². The summed E-state index contributed by atoms with van der Waals surface area (Å²) in [6.45, 7) is 2.25.